The molecule has 0 bridgehead atoms. The number of rotatable bonds is 2. The SMILES string of the molecule is Cc1cccc(N)c1NC(=O)c1ccc(I)cc1. The summed E-state index contributed by atoms with van der Waals surface area (Å²) in [5.41, 5.74) is 8.69. The van der Waals surface area contributed by atoms with Gasteiger partial charge >= 0.3 is 0 Å². The summed E-state index contributed by atoms with van der Waals surface area (Å²) in [6.45, 7) is 1.92. The number of anilines is 2. The minimum absolute atomic E-state index is 0.146. The van der Waals surface area contributed by atoms with Crippen LogP contribution in [-0.2, 0) is 0 Å². The molecule has 0 saturated carbocycles. The predicted molar refractivity (Wildman–Crippen MR) is 82.7 cm³/mol. The highest BCUT2D eigenvalue weighted by Crippen LogP contribution is 2.23. The van der Waals surface area contributed by atoms with Gasteiger partial charge in [0, 0.05) is 9.13 Å². The molecule has 2 aromatic carbocycles. The fourth-order valence-corrected chi connectivity index (χ4v) is 2.01. The van der Waals surface area contributed by atoms with Gasteiger partial charge in [0.25, 0.3) is 5.91 Å². The van der Waals surface area contributed by atoms with Crippen LogP contribution in [0.4, 0.5) is 11.4 Å². The van der Waals surface area contributed by atoms with E-state index in [1.165, 1.54) is 0 Å². The number of amides is 1. The Balaban J connectivity index is 2.24. The van der Waals surface area contributed by atoms with Gasteiger partial charge in [0.2, 0.25) is 0 Å². The van der Waals surface area contributed by atoms with Gasteiger partial charge in [-0.1, -0.05) is 12.1 Å². The zero-order valence-electron chi connectivity index (χ0n) is 9.91. The monoisotopic (exact) mass is 352 g/mol. The molecule has 0 atom stereocenters. The van der Waals surface area contributed by atoms with E-state index >= 15 is 0 Å². The van der Waals surface area contributed by atoms with Crippen LogP contribution >= 0.6 is 22.6 Å². The van der Waals surface area contributed by atoms with E-state index in [1.807, 2.05) is 31.2 Å². The molecule has 92 valence electrons. The molecule has 0 radical (unpaired) electrons. The molecule has 0 aliphatic rings. The predicted octanol–water partition coefficient (Wildman–Crippen LogP) is 3.43. The number of hydrogen-bond donors (Lipinski definition) is 2. The van der Waals surface area contributed by atoms with Crippen molar-refractivity contribution in [2.45, 2.75) is 6.92 Å². The van der Waals surface area contributed by atoms with Crippen molar-refractivity contribution < 1.29 is 4.79 Å². The van der Waals surface area contributed by atoms with Crippen molar-refractivity contribution in [1.82, 2.24) is 0 Å². The number of para-hydroxylation sites is 1. The van der Waals surface area contributed by atoms with Crippen molar-refractivity contribution in [2.75, 3.05) is 11.1 Å². The highest BCUT2D eigenvalue weighted by molar-refractivity contribution is 14.1. The van der Waals surface area contributed by atoms with E-state index in [2.05, 4.69) is 27.9 Å². The first-order valence-electron chi connectivity index (χ1n) is 5.50. The molecule has 0 saturated heterocycles. The van der Waals surface area contributed by atoms with Crippen molar-refractivity contribution in [1.29, 1.82) is 0 Å². The maximum Gasteiger partial charge on any atom is 0.255 e. The third kappa shape index (κ3) is 2.81. The number of nitrogens with two attached hydrogens (primary N) is 1. The Morgan fingerprint density at radius 3 is 2.44 bits per heavy atom. The van der Waals surface area contributed by atoms with Gasteiger partial charge in [-0.3, -0.25) is 4.79 Å². The Bertz CT molecular complexity index is 559. The van der Waals surface area contributed by atoms with Gasteiger partial charge in [-0.25, -0.2) is 0 Å². The highest BCUT2D eigenvalue weighted by atomic mass is 127. The molecule has 0 fully saturated rings. The molecule has 0 aromatic heterocycles. The number of benzene rings is 2. The van der Waals surface area contributed by atoms with Crippen molar-refractivity contribution in [3.8, 4) is 0 Å². The van der Waals surface area contributed by atoms with Crippen molar-refractivity contribution in [3.05, 3.63) is 57.2 Å². The normalized spacial score (nSPS) is 10.1. The van der Waals surface area contributed by atoms with Gasteiger partial charge in [-0.2, -0.15) is 0 Å². The highest BCUT2D eigenvalue weighted by Gasteiger charge is 2.09. The van der Waals surface area contributed by atoms with Crippen LogP contribution < -0.4 is 11.1 Å². The third-order valence-corrected chi connectivity index (χ3v) is 3.37. The maximum absolute atomic E-state index is 12.1. The molecule has 0 unspecified atom stereocenters. The summed E-state index contributed by atoms with van der Waals surface area (Å²) in [6, 6.07) is 13.0. The van der Waals surface area contributed by atoms with E-state index in [9.17, 15) is 4.79 Å². The van der Waals surface area contributed by atoms with Gasteiger partial charge in [0.05, 0.1) is 11.4 Å². The molecule has 0 spiro atoms. The second-order valence-corrected chi connectivity index (χ2v) is 5.25. The van der Waals surface area contributed by atoms with Crippen LogP contribution in [0.25, 0.3) is 0 Å². The second kappa shape index (κ2) is 5.39. The number of carbonyl (C=O) groups is 1. The summed E-state index contributed by atoms with van der Waals surface area (Å²) in [4.78, 5) is 12.1. The zero-order chi connectivity index (χ0) is 13.1. The smallest absolute Gasteiger partial charge is 0.255 e. The minimum Gasteiger partial charge on any atom is -0.397 e. The summed E-state index contributed by atoms with van der Waals surface area (Å²) < 4.78 is 1.10. The van der Waals surface area contributed by atoms with Gasteiger partial charge in [0.1, 0.15) is 0 Å². The van der Waals surface area contributed by atoms with Crippen LogP contribution in [-0.4, -0.2) is 5.91 Å². The molecule has 18 heavy (non-hydrogen) atoms. The first-order valence-corrected chi connectivity index (χ1v) is 6.58. The lowest BCUT2D eigenvalue weighted by Gasteiger charge is -2.11. The van der Waals surface area contributed by atoms with Crippen LogP contribution in [0, 0.1) is 10.5 Å². The average molecular weight is 352 g/mol. The second-order valence-electron chi connectivity index (χ2n) is 4.00. The van der Waals surface area contributed by atoms with Gasteiger partial charge < -0.3 is 11.1 Å². The number of halogens is 1. The Hall–Kier alpha value is -1.56. The molecule has 0 heterocycles. The number of aryl methyl sites for hydroxylation is 1. The molecule has 3 N–H and O–H groups in total. The molecule has 2 aromatic rings. The van der Waals surface area contributed by atoms with Crippen LogP contribution in [0.3, 0.4) is 0 Å². The zero-order valence-corrected chi connectivity index (χ0v) is 12.1. The van der Waals surface area contributed by atoms with E-state index in [0.29, 0.717) is 16.9 Å². The van der Waals surface area contributed by atoms with Crippen molar-refractivity contribution >= 4 is 39.9 Å². The molecule has 1 amide bonds. The first kappa shape index (κ1) is 12.9. The number of nitrogens with one attached hydrogen (secondary N) is 1. The average Bonchev–Trinajstić information content (AvgIpc) is 2.34. The molecule has 0 aliphatic heterocycles. The summed E-state index contributed by atoms with van der Waals surface area (Å²) in [5, 5.41) is 2.85. The Morgan fingerprint density at radius 1 is 1.17 bits per heavy atom. The molecular weight excluding hydrogens is 339 g/mol. The summed E-state index contributed by atoms with van der Waals surface area (Å²) in [6.07, 6.45) is 0. The van der Waals surface area contributed by atoms with E-state index in [1.54, 1.807) is 18.2 Å². The lowest BCUT2D eigenvalue weighted by molar-refractivity contribution is 0.102. The van der Waals surface area contributed by atoms with Crippen molar-refractivity contribution in [2.24, 2.45) is 0 Å². The molecule has 2 rings (SSSR count). The molecule has 3 nitrogen and oxygen atoms in total. The standard InChI is InChI=1S/C14H13IN2O/c1-9-3-2-4-12(16)13(9)17-14(18)10-5-7-11(15)8-6-10/h2-8H,16H2,1H3,(H,17,18). The summed E-state index contributed by atoms with van der Waals surface area (Å²) in [5.74, 6) is -0.146. The summed E-state index contributed by atoms with van der Waals surface area (Å²) in [7, 11) is 0. The molecule has 4 heteroatoms. The Labute approximate surface area is 120 Å². The summed E-state index contributed by atoms with van der Waals surface area (Å²) >= 11 is 2.20. The number of carbonyl (C=O) groups excluding carboxylic acids is 1. The van der Waals surface area contributed by atoms with Crippen LogP contribution in [0.5, 0.6) is 0 Å². The maximum atomic E-state index is 12.1. The Kier molecular flexibility index (Phi) is 3.86. The van der Waals surface area contributed by atoms with Gasteiger partial charge in [-0.15, -0.1) is 0 Å². The van der Waals surface area contributed by atoms with Crippen molar-refractivity contribution in [3.63, 3.8) is 0 Å². The van der Waals surface area contributed by atoms with Crippen LogP contribution in [0.15, 0.2) is 42.5 Å². The number of nitrogen functional groups attached to an aromatic ring is 1. The number of hydrogen-bond acceptors (Lipinski definition) is 2. The van der Waals surface area contributed by atoms with Crippen LogP contribution in [0.1, 0.15) is 15.9 Å². The van der Waals surface area contributed by atoms with E-state index in [-0.39, 0.29) is 5.91 Å². The molecule has 0 aliphatic carbocycles. The Morgan fingerprint density at radius 2 is 1.83 bits per heavy atom. The fraction of sp³-hybridized carbons (Fsp3) is 0.0714. The lowest BCUT2D eigenvalue weighted by atomic mass is 10.1. The largest absolute Gasteiger partial charge is 0.397 e. The van der Waals surface area contributed by atoms with Gasteiger partial charge in [0.15, 0.2) is 0 Å². The topological polar surface area (TPSA) is 55.1 Å². The first-order chi connectivity index (χ1) is 8.58. The molecular formula is C14H13IN2O. The van der Waals surface area contributed by atoms with Crippen LogP contribution in [0.2, 0.25) is 0 Å². The quantitative estimate of drug-likeness (QED) is 0.643. The lowest BCUT2D eigenvalue weighted by Crippen LogP contribution is -2.14. The van der Waals surface area contributed by atoms with E-state index in [0.717, 1.165) is 9.13 Å². The van der Waals surface area contributed by atoms with E-state index in [4.69, 9.17) is 5.73 Å². The van der Waals surface area contributed by atoms with E-state index < -0.39 is 0 Å². The fourth-order valence-electron chi connectivity index (χ4n) is 1.65. The van der Waals surface area contributed by atoms with Gasteiger partial charge in [-0.05, 0) is 65.4 Å². The third-order valence-electron chi connectivity index (χ3n) is 2.65. The minimum atomic E-state index is -0.146.